The number of pyridine rings is 1. The van der Waals surface area contributed by atoms with Gasteiger partial charge in [0, 0.05) is 41.0 Å². The number of hydrogen-bond donors (Lipinski definition) is 1. The maximum atomic E-state index is 13.8. The number of nitrogens with zero attached hydrogens (tertiary/aromatic N) is 4. The van der Waals surface area contributed by atoms with Crippen LogP contribution in [0.15, 0.2) is 54.9 Å². The third-order valence-corrected chi connectivity index (χ3v) is 6.57. The number of H-pyrrole nitrogens is 1. The fraction of sp³-hybridized carbons (Fsp3) is 0.345. The molecule has 4 aromatic rings. The van der Waals surface area contributed by atoms with E-state index < -0.39 is 0 Å². The smallest absolute Gasteiger partial charge is 0.254 e. The first-order chi connectivity index (χ1) is 17.3. The molecule has 2 heterocycles. The minimum atomic E-state index is -0.178. The standard InChI is InChI=1S/C29H35N5O2/c1-7-36-27-16-22(11-12-23(27)21-10-8-9-19(2)15-21)29(35)34(6)26(13-14-33(4)5)25-17-30-20(3)24-18-31-32-28(24)25/h8-12,15-18,26H,7,13-14H2,1-6H3,(H,31,32)/t26-/m1/s1. The third kappa shape index (κ3) is 5.26. The average Bonchev–Trinajstić information content (AvgIpc) is 3.36. The molecule has 4 rings (SSSR count). The lowest BCUT2D eigenvalue weighted by Gasteiger charge is -2.30. The molecule has 7 nitrogen and oxygen atoms in total. The monoisotopic (exact) mass is 485 g/mol. The summed E-state index contributed by atoms with van der Waals surface area (Å²) in [4.78, 5) is 22.4. The van der Waals surface area contributed by atoms with Crippen LogP contribution in [-0.2, 0) is 0 Å². The molecule has 2 aromatic heterocycles. The van der Waals surface area contributed by atoms with Crippen molar-refractivity contribution < 1.29 is 9.53 Å². The van der Waals surface area contributed by atoms with Gasteiger partial charge in [-0.15, -0.1) is 0 Å². The fourth-order valence-corrected chi connectivity index (χ4v) is 4.60. The second-order valence-electron chi connectivity index (χ2n) is 9.49. The number of aromatic nitrogens is 3. The molecule has 36 heavy (non-hydrogen) atoms. The van der Waals surface area contributed by atoms with Gasteiger partial charge in [0.1, 0.15) is 5.75 Å². The van der Waals surface area contributed by atoms with Crippen LogP contribution in [0.25, 0.3) is 22.0 Å². The summed E-state index contributed by atoms with van der Waals surface area (Å²) in [5.41, 5.74) is 6.62. The predicted octanol–water partition coefficient (Wildman–Crippen LogP) is 5.41. The van der Waals surface area contributed by atoms with Gasteiger partial charge in [-0.1, -0.05) is 29.8 Å². The van der Waals surface area contributed by atoms with Crippen LogP contribution in [-0.4, -0.2) is 65.2 Å². The molecule has 0 spiro atoms. The van der Waals surface area contributed by atoms with Gasteiger partial charge in [-0.3, -0.25) is 14.9 Å². The van der Waals surface area contributed by atoms with E-state index in [9.17, 15) is 4.79 Å². The number of aryl methyl sites for hydroxylation is 2. The molecule has 1 N–H and O–H groups in total. The van der Waals surface area contributed by atoms with Gasteiger partial charge in [0.05, 0.1) is 24.4 Å². The van der Waals surface area contributed by atoms with Gasteiger partial charge >= 0.3 is 0 Å². The Morgan fingerprint density at radius 3 is 2.61 bits per heavy atom. The highest BCUT2D eigenvalue weighted by Crippen LogP contribution is 2.34. The summed E-state index contributed by atoms with van der Waals surface area (Å²) in [7, 11) is 5.94. The highest BCUT2D eigenvalue weighted by molar-refractivity contribution is 5.96. The Morgan fingerprint density at radius 1 is 1.08 bits per heavy atom. The van der Waals surface area contributed by atoms with Gasteiger partial charge in [-0.2, -0.15) is 5.10 Å². The van der Waals surface area contributed by atoms with Gasteiger partial charge in [-0.25, -0.2) is 0 Å². The molecule has 0 aliphatic rings. The number of amides is 1. The van der Waals surface area contributed by atoms with Gasteiger partial charge in [0.25, 0.3) is 5.91 Å². The summed E-state index contributed by atoms with van der Waals surface area (Å²) in [6, 6.07) is 13.9. The molecule has 7 heteroatoms. The lowest BCUT2D eigenvalue weighted by Crippen LogP contribution is -2.33. The van der Waals surface area contributed by atoms with Crippen LogP contribution in [0.2, 0.25) is 0 Å². The number of carbonyl (C=O) groups excluding carboxylic acids is 1. The van der Waals surface area contributed by atoms with Crippen molar-refractivity contribution in [1.82, 2.24) is 25.0 Å². The summed E-state index contributed by atoms with van der Waals surface area (Å²) in [6.07, 6.45) is 4.42. The molecule has 2 aromatic carbocycles. The van der Waals surface area contributed by atoms with Crippen molar-refractivity contribution in [2.75, 3.05) is 34.3 Å². The summed E-state index contributed by atoms with van der Waals surface area (Å²) in [5.74, 6) is 0.642. The van der Waals surface area contributed by atoms with E-state index in [4.69, 9.17) is 4.74 Å². The van der Waals surface area contributed by atoms with Gasteiger partial charge in [0.2, 0.25) is 0 Å². The number of nitrogens with one attached hydrogen (secondary N) is 1. The van der Waals surface area contributed by atoms with Crippen LogP contribution in [0, 0.1) is 13.8 Å². The molecule has 0 bridgehead atoms. The van der Waals surface area contributed by atoms with Crippen molar-refractivity contribution in [3.05, 3.63) is 77.2 Å². The second-order valence-corrected chi connectivity index (χ2v) is 9.49. The molecular formula is C29H35N5O2. The second kappa shape index (κ2) is 10.9. The van der Waals surface area contributed by atoms with E-state index in [1.807, 2.05) is 70.4 Å². The van der Waals surface area contributed by atoms with Crippen LogP contribution in [0.3, 0.4) is 0 Å². The minimum Gasteiger partial charge on any atom is -0.493 e. The van der Waals surface area contributed by atoms with Crippen LogP contribution >= 0.6 is 0 Å². The molecular weight excluding hydrogens is 450 g/mol. The first-order valence-electron chi connectivity index (χ1n) is 12.3. The first kappa shape index (κ1) is 25.4. The van der Waals surface area contributed by atoms with Gasteiger partial charge < -0.3 is 14.5 Å². The number of hydrogen-bond acceptors (Lipinski definition) is 5. The number of carbonyl (C=O) groups is 1. The van der Waals surface area contributed by atoms with Crippen molar-refractivity contribution >= 4 is 16.8 Å². The maximum absolute atomic E-state index is 13.8. The lowest BCUT2D eigenvalue weighted by atomic mass is 9.98. The molecule has 0 saturated carbocycles. The topological polar surface area (TPSA) is 74.3 Å². The summed E-state index contributed by atoms with van der Waals surface area (Å²) < 4.78 is 5.99. The van der Waals surface area contributed by atoms with Crippen LogP contribution < -0.4 is 4.74 Å². The highest BCUT2D eigenvalue weighted by Gasteiger charge is 2.26. The van der Waals surface area contributed by atoms with Crippen molar-refractivity contribution in [2.45, 2.75) is 33.2 Å². The predicted molar refractivity (Wildman–Crippen MR) is 144 cm³/mol. The van der Waals surface area contributed by atoms with Crippen LogP contribution in [0.1, 0.15) is 46.6 Å². The molecule has 0 unspecified atom stereocenters. The summed E-state index contributed by atoms with van der Waals surface area (Å²) in [6.45, 7) is 7.34. The van der Waals surface area contributed by atoms with E-state index in [1.54, 1.807) is 6.20 Å². The van der Waals surface area contributed by atoms with E-state index in [0.717, 1.165) is 46.3 Å². The molecule has 0 aliphatic heterocycles. The Hall–Kier alpha value is -3.71. The molecule has 0 fully saturated rings. The van der Waals surface area contributed by atoms with E-state index in [0.29, 0.717) is 17.9 Å². The third-order valence-electron chi connectivity index (χ3n) is 6.57. The first-order valence-corrected chi connectivity index (χ1v) is 12.3. The van der Waals surface area contributed by atoms with E-state index in [1.165, 1.54) is 5.56 Å². The lowest BCUT2D eigenvalue weighted by molar-refractivity contribution is 0.0716. The quantitative estimate of drug-likeness (QED) is 0.343. The maximum Gasteiger partial charge on any atom is 0.254 e. The number of rotatable bonds is 9. The number of fused-ring (bicyclic) bond motifs is 1. The molecule has 0 aliphatic carbocycles. The zero-order valence-corrected chi connectivity index (χ0v) is 22.0. The number of aromatic amines is 1. The SMILES string of the molecule is CCOc1cc(C(=O)N(C)[C@H](CCN(C)C)c2cnc(C)c3cn[nH]c23)ccc1-c1cccc(C)c1. The number of benzene rings is 2. The normalized spacial score (nSPS) is 12.2. The van der Waals surface area contributed by atoms with Crippen LogP contribution in [0.5, 0.6) is 5.75 Å². The summed E-state index contributed by atoms with van der Waals surface area (Å²) >= 11 is 0. The highest BCUT2D eigenvalue weighted by atomic mass is 16.5. The average molecular weight is 486 g/mol. The van der Waals surface area contributed by atoms with Gasteiger partial charge in [0.15, 0.2) is 0 Å². The van der Waals surface area contributed by atoms with E-state index in [-0.39, 0.29) is 11.9 Å². The zero-order chi connectivity index (χ0) is 25.8. The fourth-order valence-electron chi connectivity index (χ4n) is 4.60. The zero-order valence-electron chi connectivity index (χ0n) is 22.0. The van der Waals surface area contributed by atoms with Crippen molar-refractivity contribution in [3.63, 3.8) is 0 Å². The largest absolute Gasteiger partial charge is 0.493 e. The van der Waals surface area contributed by atoms with E-state index in [2.05, 4.69) is 45.2 Å². The summed E-state index contributed by atoms with van der Waals surface area (Å²) in [5, 5.41) is 8.35. The Balaban J connectivity index is 1.71. The molecule has 0 radical (unpaired) electrons. The minimum absolute atomic E-state index is 0.0660. The van der Waals surface area contributed by atoms with Crippen molar-refractivity contribution in [2.24, 2.45) is 0 Å². The molecule has 1 amide bonds. The Kier molecular flexibility index (Phi) is 7.70. The van der Waals surface area contributed by atoms with Crippen LogP contribution in [0.4, 0.5) is 0 Å². The van der Waals surface area contributed by atoms with Crippen molar-refractivity contribution in [1.29, 1.82) is 0 Å². The van der Waals surface area contributed by atoms with E-state index >= 15 is 0 Å². The molecule has 188 valence electrons. The number of ether oxygens (including phenoxy) is 1. The Morgan fingerprint density at radius 2 is 1.89 bits per heavy atom. The Bertz CT molecular complexity index is 1360. The molecule has 1 atom stereocenters. The Labute approximate surface area is 213 Å². The van der Waals surface area contributed by atoms with Crippen molar-refractivity contribution in [3.8, 4) is 16.9 Å². The molecule has 0 saturated heterocycles. The van der Waals surface area contributed by atoms with Gasteiger partial charge in [-0.05, 0) is 71.6 Å².